The highest BCUT2D eigenvalue weighted by Gasteiger charge is 2.19. The SMILES string of the molecule is Cc1c(C(=O)Nc2ccc(N(C)C)c(Cl)c2)nnn1-c1cccc([N+](=O)[O-])c1. The molecule has 0 spiro atoms. The molecule has 0 aliphatic carbocycles. The van der Waals surface area contributed by atoms with Crippen LogP contribution in [0.3, 0.4) is 0 Å². The molecule has 0 saturated carbocycles. The van der Waals surface area contributed by atoms with E-state index in [9.17, 15) is 14.9 Å². The number of non-ortho nitro benzene ring substituents is 1. The molecule has 0 fully saturated rings. The van der Waals surface area contributed by atoms with Crippen LogP contribution in [0, 0.1) is 17.0 Å². The van der Waals surface area contributed by atoms with Crippen molar-refractivity contribution in [3.63, 3.8) is 0 Å². The van der Waals surface area contributed by atoms with Gasteiger partial charge >= 0.3 is 0 Å². The molecule has 10 heteroatoms. The highest BCUT2D eigenvalue weighted by molar-refractivity contribution is 6.33. The molecule has 1 heterocycles. The van der Waals surface area contributed by atoms with Crippen molar-refractivity contribution in [2.45, 2.75) is 6.92 Å². The molecule has 28 heavy (non-hydrogen) atoms. The average Bonchev–Trinajstić information content (AvgIpc) is 3.03. The minimum atomic E-state index is -0.496. The van der Waals surface area contributed by atoms with Gasteiger partial charge in [-0.1, -0.05) is 22.9 Å². The van der Waals surface area contributed by atoms with Gasteiger partial charge in [-0.15, -0.1) is 5.10 Å². The summed E-state index contributed by atoms with van der Waals surface area (Å²) in [6, 6.07) is 11.1. The van der Waals surface area contributed by atoms with Crippen molar-refractivity contribution in [1.29, 1.82) is 0 Å². The van der Waals surface area contributed by atoms with E-state index in [1.807, 2.05) is 19.0 Å². The summed E-state index contributed by atoms with van der Waals surface area (Å²) >= 11 is 6.23. The largest absolute Gasteiger partial charge is 0.376 e. The van der Waals surface area contributed by atoms with Gasteiger partial charge in [-0.25, -0.2) is 4.68 Å². The van der Waals surface area contributed by atoms with Crippen molar-refractivity contribution >= 4 is 34.6 Å². The van der Waals surface area contributed by atoms with Crippen LogP contribution in [0.4, 0.5) is 17.1 Å². The molecule has 3 aromatic rings. The normalized spacial score (nSPS) is 10.6. The highest BCUT2D eigenvalue weighted by Crippen LogP contribution is 2.27. The zero-order chi connectivity index (χ0) is 20.4. The van der Waals surface area contributed by atoms with Crippen LogP contribution in [0.25, 0.3) is 5.69 Å². The minimum absolute atomic E-state index is 0.0750. The van der Waals surface area contributed by atoms with E-state index < -0.39 is 10.8 Å². The highest BCUT2D eigenvalue weighted by atomic mass is 35.5. The minimum Gasteiger partial charge on any atom is -0.376 e. The molecule has 1 N–H and O–H groups in total. The second-order valence-corrected chi connectivity index (χ2v) is 6.63. The molecule has 144 valence electrons. The lowest BCUT2D eigenvalue weighted by atomic mass is 10.2. The number of hydrogen-bond acceptors (Lipinski definition) is 6. The first kappa shape index (κ1) is 19.3. The lowest BCUT2D eigenvalue weighted by Crippen LogP contribution is -2.15. The first-order valence-corrected chi connectivity index (χ1v) is 8.61. The molecule has 0 radical (unpaired) electrons. The second-order valence-electron chi connectivity index (χ2n) is 6.23. The summed E-state index contributed by atoms with van der Waals surface area (Å²) in [6.07, 6.45) is 0. The lowest BCUT2D eigenvalue weighted by molar-refractivity contribution is -0.384. The van der Waals surface area contributed by atoms with Crippen LogP contribution in [-0.2, 0) is 0 Å². The van der Waals surface area contributed by atoms with Crippen LogP contribution >= 0.6 is 11.6 Å². The van der Waals surface area contributed by atoms with Crippen molar-refractivity contribution in [1.82, 2.24) is 15.0 Å². The monoisotopic (exact) mass is 400 g/mol. The van der Waals surface area contributed by atoms with E-state index >= 15 is 0 Å². The third-order valence-electron chi connectivity index (χ3n) is 4.08. The Kier molecular flexibility index (Phi) is 5.27. The van der Waals surface area contributed by atoms with Gasteiger partial charge in [0.1, 0.15) is 0 Å². The van der Waals surface area contributed by atoms with Crippen molar-refractivity contribution < 1.29 is 9.72 Å². The van der Waals surface area contributed by atoms with Crippen LogP contribution in [0.15, 0.2) is 42.5 Å². The number of anilines is 2. The van der Waals surface area contributed by atoms with E-state index in [0.29, 0.717) is 22.1 Å². The molecule has 0 aliphatic heterocycles. The van der Waals surface area contributed by atoms with Gasteiger partial charge in [0.25, 0.3) is 11.6 Å². The Hall–Kier alpha value is -3.46. The van der Waals surface area contributed by atoms with Crippen molar-refractivity contribution in [2.24, 2.45) is 0 Å². The van der Waals surface area contributed by atoms with E-state index in [2.05, 4.69) is 15.6 Å². The zero-order valence-electron chi connectivity index (χ0n) is 15.4. The number of nitrogens with zero attached hydrogens (tertiary/aromatic N) is 5. The number of carbonyl (C=O) groups excluding carboxylic acids is 1. The summed E-state index contributed by atoms with van der Waals surface area (Å²) in [6.45, 7) is 1.66. The van der Waals surface area contributed by atoms with E-state index in [4.69, 9.17) is 11.6 Å². The fourth-order valence-corrected chi connectivity index (χ4v) is 3.01. The Morgan fingerprint density at radius 1 is 1.25 bits per heavy atom. The Labute approximate surface area is 165 Å². The summed E-state index contributed by atoms with van der Waals surface area (Å²) in [7, 11) is 3.74. The molecule has 1 aromatic heterocycles. The molecule has 0 aliphatic rings. The average molecular weight is 401 g/mol. The van der Waals surface area contributed by atoms with Gasteiger partial charge in [-0.05, 0) is 31.2 Å². The van der Waals surface area contributed by atoms with Crippen LogP contribution < -0.4 is 10.2 Å². The molecule has 0 unspecified atom stereocenters. The lowest BCUT2D eigenvalue weighted by Gasteiger charge is -2.15. The first-order chi connectivity index (χ1) is 13.3. The molecule has 9 nitrogen and oxygen atoms in total. The van der Waals surface area contributed by atoms with Gasteiger partial charge in [-0.2, -0.15) is 0 Å². The third-order valence-corrected chi connectivity index (χ3v) is 4.38. The van der Waals surface area contributed by atoms with E-state index in [0.717, 1.165) is 5.69 Å². The number of rotatable bonds is 5. The molecular formula is C18H17ClN6O3. The second kappa shape index (κ2) is 7.65. The molecule has 1 amide bonds. The van der Waals surface area contributed by atoms with Gasteiger partial charge in [0.05, 0.1) is 27.0 Å². The molecule has 0 saturated heterocycles. The maximum absolute atomic E-state index is 12.6. The van der Waals surface area contributed by atoms with Crippen molar-refractivity contribution in [2.75, 3.05) is 24.3 Å². The van der Waals surface area contributed by atoms with Gasteiger partial charge < -0.3 is 10.2 Å². The summed E-state index contributed by atoms with van der Waals surface area (Å²) in [5.74, 6) is -0.456. The number of nitrogens with one attached hydrogen (secondary N) is 1. The van der Waals surface area contributed by atoms with Crippen molar-refractivity contribution in [3.8, 4) is 5.69 Å². The number of halogens is 1. The molecule has 0 atom stereocenters. The fourth-order valence-electron chi connectivity index (χ4n) is 2.66. The molecule has 2 aromatic carbocycles. The maximum atomic E-state index is 12.6. The predicted molar refractivity (Wildman–Crippen MR) is 106 cm³/mol. The van der Waals surface area contributed by atoms with E-state index in [-0.39, 0.29) is 11.4 Å². The smallest absolute Gasteiger partial charge is 0.278 e. The van der Waals surface area contributed by atoms with Crippen LogP contribution in [0.5, 0.6) is 0 Å². The van der Waals surface area contributed by atoms with Crippen molar-refractivity contribution in [3.05, 3.63) is 69.0 Å². The number of aromatic nitrogens is 3. The van der Waals surface area contributed by atoms with Crippen LogP contribution in [0.2, 0.25) is 5.02 Å². The standard InChI is InChI=1S/C18H17ClN6O3/c1-11-17(18(26)20-12-7-8-16(23(2)3)15(19)9-12)21-22-24(11)13-5-4-6-14(10-13)25(27)28/h4-10H,1-3H3,(H,20,26). The summed E-state index contributed by atoms with van der Waals surface area (Å²) in [5.41, 5.74) is 2.27. The predicted octanol–water partition coefficient (Wildman–Crippen LogP) is 3.46. The third kappa shape index (κ3) is 3.79. The number of amides is 1. The molecule has 0 bridgehead atoms. The van der Waals surface area contributed by atoms with Gasteiger partial charge in [0.2, 0.25) is 0 Å². The number of hydrogen-bond donors (Lipinski definition) is 1. The summed E-state index contributed by atoms with van der Waals surface area (Å²) in [4.78, 5) is 24.9. The molecule has 3 rings (SSSR count). The van der Waals surface area contributed by atoms with Gasteiger partial charge in [-0.3, -0.25) is 14.9 Å². The number of nitro benzene ring substituents is 1. The zero-order valence-corrected chi connectivity index (χ0v) is 16.1. The Bertz CT molecular complexity index is 1060. The van der Waals surface area contributed by atoms with Crippen LogP contribution in [-0.4, -0.2) is 39.9 Å². The topological polar surface area (TPSA) is 106 Å². The quantitative estimate of drug-likeness (QED) is 0.519. The number of benzene rings is 2. The number of carbonyl (C=O) groups is 1. The molecular weight excluding hydrogens is 384 g/mol. The van der Waals surface area contributed by atoms with Crippen LogP contribution in [0.1, 0.15) is 16.2 Å². The Morgan fingerprint density at radius 2 is 2.00 bits per heavy atom. The first-order valence-electron chi connectivity index (χ1n) is 8.23. The maximum Gasteiger partial charge on any atom is 0.278 e. The fraction of sp³-hybridized carbons (Fsp3) is 0.167. The Balaban J connectivity index is 1.85. The Morgan fingerprint density at radius 3 is 2.64 bits per heavy atom. The van der Waals surface area contributed by atoms with E-state index in [1.165, 1.54) is 16.8 Å². The number of nitro groups is 1. The van der Waals surface area contributed by atoms with Gasteiger partial charge in [0.15, 0.2) is 5.69 Å². The van der Waals surface area contributed by atoms with Gasteiger partial charge in [0, 0.05) is 31.9 Å². The summed E-state index contributed by atoms with van der Waals surface area (Å²) in [5, 5.41) is 22.1. The van der Waals surface area contributed by atoms with E-state index in [1.54, 1.807) is 37.3 Å². The summed E-state index contributed by atoms with van der Waals surface area (Å²) < 4.78 is 1.38.